The Balaban J connectivity index is 2.17. The zero-order valence-electron chi connectivity index (χ0n) is 15.9. The molecule has 134 valence electrons. The van der Waals surface area contributed by atoms with Gasteiger partial charge in [0.25, 0.3) is 0 Å². The topological polar surface area (TPSA) is 70.4 Å². The molecule has 24 heavy (non-hydrogen) atoms. The summed E-state index contributed by atoms with van der Waals surface area (Å²) in [7, 11) is 1.93. The van der Waals surface area contributed by atoms with Gasteiger partial charge in [0.05, 0.1) is 0 Å². The maximum Gasteiger partial charge on any atom is 0.244 e. The molecule has 0 radical (unpaired) electrons. The number of anilines is 2. The highest BCUT2D eigenvalue weighted by Gasteiger charge is 2.26. The molecule has 0 spiro atoms. The highest BCUT2D eigenvalue weighted by Crippen LogP contribution is 2.32. The second-order valence-electron chi connectivity index (χ2n) is 7.09. The van der Waals surface area contributed by atoms with Gasteiger partial charge in [-0.15, -0.1) is 0 Å². The van der Waals surface area contributed by atoms with E-state index >= 15 is 0 Å². The van der Waals surface area contributed by atoms with Crippen molar-refractivity contribution < 1.29 is 4.79 Å². The van der Waals surface area contributed by atoms with Crippen LogP contribution in [0.25, 0.3) is 0 Å². The lowest BCUT2D eigenvalue weighted by atomic mass is 9.95. The summed E-state index contributed by atoms with van der Waals surface area (Å²) in [6.07, 6.45) is 2.04. The van der Waals surface area contributed by atoms with E-state index in [-0.39, 0.29) is 11.9 Å². The smallest absolute Gasteiger partial charge is 0.244 e. The van der Waals surface area contributed by atoms with Gasteiger partial charge in [-0.2, -0.15) is 0 Å². The van der Waals surface area contributed by atoms with Crippen LogP contribution in [0.15, 0.2) is 0 Å². The van der Waals surface area contributed by atoms with Gasteiger partial charge in [0.2, 0.25) is 5.91 Å². The molecule has 1 aliphatic rings. The first kappa shape index (κ1) is 18.6. The van der Waals surface area contributed by atoms with Gasteiger partial charge in [0.15, 0.2) is 0 Å². The Morgan fingerprint density at radius 1 is 1.12 bits per heavy atom. The van der Waals surface area contributed by atoms with Crippen molar-refractivity contribution >= 4 is 17.3 Å². The van der Waals surface area contributed by atoms with E-state index in [9.17, 15) is 4.79 Å². The number of nitrogen functional groups attached to an aromatic ring is 1. The summed E-state index contributed by atoms with van der Waals surface area (Å²) < 4.78 is 0. The molecule has 1 unspecified atom stereocenters. The summed E-state index contributed by atoms with van der Waals surface area (Å²) in [6, 6.07) is 0.0739. The summed E-state index contributed by atoms with van der Waals surface area (Å²) in [5.41, 5.74) is 12.5. The minimum Gasteiger partial charge on any atom is -0.398 e. The molecule has 1 saturated heterocycles. The van der Waals surface area contributed by atoms with Crippen LogP contribution in [0.3, 0.4) is 0 Å². The molecule has 1 amide bonds. The third-order valence-electron chi connectivity index (χ3n) is 5.62. The second kappa shape index (κ2) is 7.43. The summed E-state index contributed by atoms with van der Waals surface area (Å²) in [6.45, 7) is 12.1. The lowest BCUT2D eigenvalue weighted by Crippen LogP contribution is -2.48. The molecular weight excluding hydrogens is 300 g/mol. The van der Waals surface area contributed by atoms with Gasteiger partial charge in [0, 0.05) is 24.5 Å². The van der Waals surface area contributed by atoms with Crippen molar-refractivity contribution in [2.75, 3.05) is 31.2 Å². The van der Waals surface area contributed by atoms with E-state index in [2.05, 4.69) is 24.5 Å². The number of carbonyl (C=O) groups excluding carboxylic acids is 1. The Labute approximate surface area is 146 Å². The van der Waals surface area contributed by atoms with Gasteiger partial charge < -0.3 is 21.3 Å². The minimum atomic E-state index is -0.260. The second-order valence-corrected chi connectivity index (χ2v) is 7.09. The molecule has 1 atom stereocenters. The maximum absolute atomic E-state index is 12.8. The molecule has 0 bridgehead atoms. The van der Waals surface area contributed by atoms with Crippen LogP contribution in [0.5, 0.6) is 0 Å². The number of piperidine rings is 1. The van der Waals surface area contributed by atoms with E-state index < -0.39 is 0 Å². The molecule has 1 aliphatic heterocycles. The third kappa shape index (κ3) is 3.51. The van der Waals surface area contributed by atoms with Crippen LogP contribution in [0.2, 0.25) is 0 Å². The van der Waals surface area contributed by atoms with Crippen LogP contribution in [-0.2, 0) is 4.79 Å². The third-order valence-corrected chi connectivity index (χ3v) is 5.62. The van der Waals surface area contributed by atoms with E-state index in [1.807, 2.05) is 32.7 Å². The van der Waals surface area contributed by atoms with Gasteiger partial charge in [-0.1, -0.05) is 0 Å². The standard InChI is InChI=1S/C19H32N4O/c1-11-13(3)18(14(4)12(2)17(11)20)22-15(5)19(24)23(6)16-7-9-21-10-8-16/h15-16,21-22H,7-10,20H2,1-6H3. The predicted molar refractivity (Wildman–Crippen MR) is 102 cm³/mol. The van der Waals surface area contributed by atoms with Crippen molar-refractivity contribution in [1.29, 1.82) is 0 Å². The van der Waals surface area contributed by atoms with Crippen LogP contribution in [-0.4, -0.2) is 43.0 Å². The summed E-state index contributed by atoms with van der Waals surface area (Å²) >= 11 is 0. The molecule has 1 aromatic carbocycles. The van der Waals surface area contributed by atoms with Gasteiger partial charge in [-0.25, -0.2) is 0 Å². The fourth-order valence-corrected chi connectivity index (χ4v) is 3.52. The van der Waals surface area contributed by atoms with Gasteiger partial charge in [0.1, 0.15) is 6.04 Å². The largest absolute Gasteiger partial charge is 0.398 e. The van der Waals surface area contributed by atoms with Crippen LogP contribution in [0.4, 0.5) is 11.4 Å². The molecule has 0 aliphatic carbocycles. The Morgan fingerprint density at radius 3 is 2.12 bits per heavy atom. The van der Waals surface area contributed by atoms with Gasteiger partial charge in [-0.05, 0) is 82.8 Å². The molecule has 0 aromatic heterocycles. The number of nitrogens with two attached hydrogens (primary N) is 1. The molecule has 0 saturated carbocycles. The van der Waals surface area contributed by atoms with Gasteiger partial charge >= 0.3 is 0 Å². The molecule has 1 fully saturated rings. The first-order chi connectivity index (χ1) is 11.3. The van der Waals surface area contributed by atoms with Crippen LogP contribution >= 0.6 is 0 Å². The number of benzene rings is 1. The molecule has 4 N–H and O–H groups in total. The Hall–Kier alpha value is -1.75. The number of likely N-dealkylation sites (N-methyl/N-ethyl adjacent to an activating group) is 1. The molecule has 2 rings (SSSR count). The number of nitrogens with zero attached hydrogens (tertiary/aromatic N) is 1. The fourth-order valence-electron chi connectivity index (χ4n) is 3.52. The van der Waals surface area contributed by atoms with E-state index in [0.29, 0.717) is 6.04 Å². The van der Waals surface area contributed by atoms with Crippen molar-refractivity contribution in [1.82, 2.24) is 10.2 Å². The average Bonchev–Trinajstić information content (AvgIpc) is 2.61. The fraction of sp³-hybridized carbons (Fsp3) is 0.632. The normalized spacial score (nSPS) is 16.8. The molecule has 1 aromatic rings. The highest BCUT2D eigenvalue weighted by atomic mass is 16.2. The Kier molecular flexibility index (Phi) is 5.75. The van der Waals surface area contributed by atoms with Crippen molar-refractivity contribution in [2.45, 2.75) is 59.5 Å². The number of hydrogen-bond acceptors (Lipinski definition) is 4. The predicted octanol–water partition coefficient (Wildman–Crippen LogP) is 2.51. The lowest BCUT2D eigenvalue weighted by Gasteiger charge is -2.34. The van der Waals surface area contributed by atoms with Crippen molar-refractivity contribution in [3.8, 4) is 0 Å². The zero-order valence-corrected chi connectivity index (χ0v) is 15.9. The quantitative estimate of drug-likeness (QED) is 0.741. The summed E-state index contributed by atoms with van der Waals surface area (Å²) in [4.78, 5) is 14.7. The van der Waals surface area contributed by atoms with E-state index in [4.69, 9.17) is 5.73 Å². The molecule has 5 nitrogen and oxygen atoms in total. The Bertz CT molecular complexity index is 591. The summed E-state index contributed by atoms with van der Waals surface area (Å²) in [5.74, 6) is 0.146. The minimum absolute atomic E-state index is 0.146. The lowest BCUT2D eigenvalue weighted by molar-refractivity contribution is -0.132. The average molecular weight is 332 g/mol. The monoisotopic (exact) mass is 332 g/mol. The highest BCUT2D eigenvalue weighted by molar-refractivity contribution is 5.85. The molecular formula is C19H32N4O. The van der Waals surface area contributed by atoms with Crippen molar-refractivity contribution in [3.63, 3.8) is 0 Å². The molecule has 1 heterocycles. The number of rotatable bonds is 4. The molecule has 5 heteroatoms. The zero-order chi connectivity index (χ0) is 18.0. The van der Waals surface area contributed by atoms with E-state index in [1.54, 1.807) is 0 Å². The van der Waals surface area contributed by atoms with Crippen molar-refractivity contribution in [2.24, 2.45) is 0 Å². The van der Waals surface area contributed by atoms with Crippen LogP contribution in [0.1, 0.15) is 42.0 Å². The van der Waals surface area contributed by atoms with Crippen LogP contribution < -0.4 is 16.4 Å². The maximum atomic E-state index is 12.8. The van der Waals surface area contributed by atoms with Crippen molar-refractivity contribution in [3.05, 3.63) is 22.3 Å². The first-order valence-corrected chi connectivity index (χ1v) is 8.85. The number of amides is 1. The number of hydrogen-bond donors (Lipinski definition) is 3. The van der Waals surface area contributed by atoms with Crippen LogP contribution in [0, 0.1) is 27.7 Å². The number of nitrogens with one attached hydrogen (secondary N) is 2. The van der Waals surface area contributed by atoms with E-state index in [1.165, 1.54) is 0 Å². The SMILES string of the molecule is Cc1c(C)c(NC(C)C(=O)N(C)C2CCNCC2)c(C)c(C)c1N. The van der Waals surface area contributed by atoms with Gasteiger partial charge in [-0.3, -0.25) is 4.79 Å². The Morgan fingerprint density at radius 2 is 1.62 bits per heavy atom. The summed E-state index contributed by atoms with van der Waals surface area (Å²) in [5, 5.41) is 6.79. The number of carbonyl (C=O) groups is 1. The van der Waals surface area contributed by atoms with E-state index in [0.717, 1.165) is 59.6 Å². The first-order valence-electron chi connectivity index (χ1n) is 8.85.